The molecule has 6 nitrogen and oxygen atoms in total. The lowest BCUT2D eigenvalue weighted by Crippen LogP contribution is -2.48. The Morgan fingerprint density at radius 1 is 1.21 bits per heavy atom. The minimum atomic E-state index is 0.0153. The van der Waals surface area contributed by atoms with Crippen molar-refractivity contribution in [3.8, 4) is 22.1 Å². The van der Waals surface area contributed by atoms with E-state index in [1.54, 1.807) is 6.20 Å². The maximum Gasteiger partial charge on any atom is 0.265 e. The average Bonchev–Trinajstić information content (AvgIpc) is 3.21. The molecule has 1 fully saturated rings. The van der Waals surface area contributed by atoms with Crippen molar-refractivity contribution in [1.29, 1.82) is 0 Å². The lowest BCUT2D eigenvalue weighted by atomic mass is 10.2. The Morgan fingerprint density at radius 2 is 1.96 bits per heavy atom. The van der Waals surface area contributed by atoms with Crippen LogP contribution in [0.2, 0.25) is 0 Å². The summed E-state index contributed by atoms with van der Waals surface area (Å²) in [4.78, 5) is 19.6. The number of benzene rings is 1. The van der Waals surface area contributed by atoms with Crippen LogP contribution in [-0.4, -0.2) is 47.9 Å². The number of carbonyl (C=O) groups is 1. The topological polar surface area (TPSA) is 60.9 Å². The number of hydrogen-bond donors (Lipinski definition) is 0. The highest BCUT2D eigenvalue weighted by molar-refractivity contribution is 7.16. The van der Waals surface area contributed by atoms with Crippen molar-refractivity contribution in [2.45, 2.75) is 26.1 Å². The molecule has 0 spiro atoms. The van der Waals surface area contributed by atoms with Gasteiger partial charge in [0, 0.05) is 18.7 Å². The maximum atomic E-state index is 12.7. The fourth-order valence-electron chi connectivity index (χ4n) is 3.04. The zero-order chi connectivity index (χ0) is 16.7. The molecule has 3 heterocycles. The second-order valence-electron chi connectivity index (χ2n) is 6.07. The van der Waals surface area contributed by atoms with Gasteiger partial charge < -0.3 is 19.1 Å². The normalized spacial score (nSPS) is 22.7. The van der Waals surface area contributed by atoms with Crippen LogP contribution >= 0.6 is 11.3 Å². The summed E-state index contributed by atoms with van der Waals surface area (Å²) in [6, 6.07) is 5.69. The molecule has 1 aromatic heterocycles. The summed E-state index contributed by atoms with van der Waals surface area (Å²) in [5.74, 6) is 1.47. The third-order valence-electron chi connectivity index (χ3n) is 4.04. The number of rotatable bonds is 2. The summed E-state index contributed by atoms with van der Waals surface area (Å²) in [5, 5.41) is 0.797. The van der Waals surface area contributed by atoms with Crippen LogP contribution in [0.25, 0.3) is 10.6 Å². The highest BCUT2D eigenvalue weighted by atomic mass is 32.1. The third-order valence-corrected chi connectivity index (χ3v) is 5.08. The molecule has 2 atom stereocenters. The number of nitrogens with zero attached hydrogens (tertiary/aromatic N) is 2. The molecule has 0 N–H and O–H groups in total. The number of morpholine rings is 1. The van der Waals surface area contributed by atoms with E-state index >= 15 is 0 Å². The summed E-state index contributed by atoms with van der Waals surface area (Å²) < 4.78 is 16.4. The van der Waals surface area contributed by atoms with Gasteiger partial charge in [0.25, 0.3) is 5.91 Å². The Bertz CT molecular complexity index is 766. The monoisotopic (exact) mass is 346 g/mol. The van der Waals surface area contributed by atoms with Gasteiger partial charge in [-0.15, -0.1) is 11.3 Å². The fourth-order valence-corrected chi connectivity index (χ4v) is 3.92. The van der Waals surface area contributed by atoms with Crippen molar-refractivity contribution in [3.63, 3.8) is 0 Å². The predicted octanol–water partition coefficient (Wildman–Crippen LogP) is 2.79. The van der Waals surface area contributed by atoms with Gasteiger partial charge in [-0.05, 0) is 32.0 Å². The molecule has 0 bridgehead atoms. The molecule has 0 unspecified atom stereocenters. The van der Waals surface area contributed by atoms with E-state index in [2.05, 4.69) is 4.98 Å². The molecule has 4 rings (SSSR count). The molecular weight excluding hydrogens is 328 g/mol. The van der Waals surface area contributed by atoms with E-state index in [9.17, 15) is 4.79 Å². The van der Waals surface area contributed by atoms with Crippen LogP contribution in [0.15, 0.2) is 24.4 Å². The number of carbonyl (C=O) groups excluding carboxylic acids is 1. The van der Waals surface area contributed by atoms with Gasteiger partial charge in [0.05, 0.1) is 18.4 Å². The smallest absolute Gasteiger partial charge is 0.265 e. The maximum absolute atomic E-state index is 12.7. The largest absolute Gasteiger partial charge is 0.454 e. The van der Waals surface area contributed by atoms with Crippen LogP contribution in [0.5, 0.6) is 11.5 Å². The summed E-state index contributed by atoms with van der Waals surface area (Å²) in [7, 11) is 0. The molecule has 2 aliphatic heterocycles. The Morgan fingerprint density at radius 3 is 2.75 bits per heavy atom. The molecule has 126 valence electrons. The molecule has 2 aliphatic rings. The number of aromatic nitrogens is 1. The van der Waals surface area contributed by atoms with Crippen LogP contribution in [0.1, 0.15) is 23.5 Å². The standard InChI is InChI=1S/C17H18N2O4S/c1-10-7-19(8-11(2)23-10)17(20)15-6-18-16(24-15)12-3-4-13-14(5-12)22-9-21-13/h3-6,10-11H,7-9H2,1-2H3/t10-,11-/m1/s1. The number of amides is 1. The number of hydrogen-bond acceptors (Lipinski definition) is 6. The first kappa shape index (κ1) is 15.4. The fraction of sp³-hybridized carbons (Fsp3) is 0.412. The van der Waals surface area contributed by atoms with Crippen LogP contribution in [0.3, 0.4) is 0 Å². The molecule has 0 radical (unpaired) electrons. The van der Waals surface area contributed by atoms with E-state index < -0.39 is 0 Å². The highest BCUT2D eigenvalue weighted by Crippen LogP contribution is 2.37. The van der Waals surface area contributed by atoms with Crippen molar-refractivity contribution < 1.29 is 19.0 Å². The molecule has 2 aromatic rings. The summed E-state index contributed by atoms with van der Waals surface area (Å²) in [6.07, 6.45) is 1.76. The lowest BCUT2D eigenvalue weighted by Gasteiger charge is -2.35. The highest BCUT2D eigenvalue weighted by Gasteiger charge is 2.28. The third kappa shape index (κ3) is 2.85. The van der Waals surface area contributed by atoms with E-state index in [-0.39, 0.29) is 24.9 Å². The van der Waals surface area contributed by atoms with Gasteiger partial charge in [-0.1, -0.05) is 0 Å². The molecule has 0 saturated carbocycles. The van der Waals surface area contributed by atoms with E-state index in [1.807, 2.05) is 36.9 Å². The lowest BCUT2D eigenvalue weighted by molar-refractivity contribution is -0.0585. The Balaban J connectivity index is 1.55. The van der Waals surface area contributed by atoms with Gasteiger partial charge >= 0.3 is 0 Å². The second-order valence-corrected chi connectivity index (χ2v) is 7.10. The molecule has 24 heavy (non-hydrogen) atoms. The Hall–Kier alpha value is -2.12. The minimum absolute atomic E-state index is 0.0153. The molecule has 1 aromatic carbocycles. The van der Waals surface area contributed by atoms with Gasteiger partial charge in [0.1, 0.15) is 9.88 Å². The SMILES string of the molecule is C[C@@H]1CN(C(=O)c2cnc(-c3ccc4c(c3)OCO4)s2)C[C@@H](C)O1. The minimum Gasteiger partial charge on any atom is -0.454 e. The van der Waals surface area contributed by atoms with E-state index in [4.69, 9.17) is 14.2 Å². The van der Waals surface area contributed by atoms with Crippen LogP contribution < -0.4 is 9.47 Å². The predicted molar refractivity (Wildman–Crippen MR) is 89.6 cm³/mol. The molecular formula is C17H18N2O4S. The Labute approximate surface area is 144 Å². The second kappa shape index (κ2) is 6.07. The van der Waals surface area contributed by atoms with Crippen LogP contribution in [0.4, 0.5) is 0 Å². The van der Waals surface area contributed by atoms with Crippen molar-refractivity contribution in [2.24, 2.45) is 0 Å². The summed E-state index contributed by atoms with van der Waals surface area (Å²) >= 11 is 1.40. The zero-order valence-electron chi connectivity index (χ0n) is 13.5. The van der Waals surface area contributed by atoms with E-state index in [1.165, 1.54) is 11.3 Å². The van der Waals surface area contributed by atoms with Gasteiger partial charge in [0.15, 0.2) is 11.5 Å². The van der Waals surface area contributed by atoms with Gasteiger partial charge in [-0.2, -0.15) is 0 Å². The van der Waals surface area contributed by atoms with Crippen molar-refractivity contribution in [1.82, 2.24) is 9.88 Å². The van der Waals surface area contributed by atoms with Crippen LogP contribution in [-0.2, 0) is 4.74 Å². The summed E-state index contributed by atoms with van der Waals surface area (Å²) in [5.41, 5.74) is 0.923. The molecule has 0 aliphatic carbocycles. The van der Waals surface area contributed by atoms with Crippen molar-refractivity contribution >= 4 is 17.2 Å². The quantitative estimate of drug-likeness (QED) is 0.837. The van der Waals surface area contributed by atoms with E-state index in [0.717, 1.165) is 16.3 Å². The number of thiazole rings is 1. The van der Waals surface area contributed by atoms with E-state index in [0.29, 0.717) is 23.7 Å². The first-order valence-electron chi connectivity index (χ1n) is 7.91. The number of ether oxygens (including phenoxy) is 3. The van der Waals surface area contributed by atoms with Gasteiger partial charge in [-0.25, -0.2) is 4.98 Å². The Kier molecular flexibility index (Phi) is 3.90. The zero-order valence-corrected chi connectivity index (χ0v) is 14.3. The molecule has 1 saturated heterocycles. The van der Waals surface area contributed by atoms with Gasteiger partial charge in [0.2, 0.25) is 6.79 Å². The van der Waals surface area contributed by atoms with Gasteiger partial charge in [-0.3, -0.25) is 4.79 Å². The van der Waals surface area contributed by atoms with Crippen LogP contribution in [0, 0.1) is 0 Å². The summed E-state index contributed by atoms with van der Waals surface area (Å²) in [6.45, 7) is 5.44. The van der Waals surface area contributed by atoms with Crippen molar-refractivity contribution in [3.05, 3.63) is 29.3 Å². The number of fused-ring (bicyclic) bond motifs is 1. The first-order chi connectivity index (χ1) is 11.6. The molecule has 1 amide bonds. The average molecular weight is 346 g/mol. The first-order valence-corrected chi connectivity index (χ1v) is 8.72. The van der Waals surface area contributed by atoms with Crippen molar-refractivity contribution in [2.75, 3.05) is 19.9 Å². The molecule has 7 heteroatoms.